The van der Waals surface area contributed by atoms with Gasteiger partial charge in [0.1, 0.15) is 0 Å². The van der Waals surface area contributed by atoms with E-state index in [1.807, 2.05) is 6.92 Å². The smallest absolute Gasteiger partial charge is 0.188 e. The molecule has 1 unspecified atom stereocenters. The third-order valence-electron chi connectivity index (χ3n) is 4.45. The monoisotopic (exact) mass is 460 g/mol. The van der Waals surface area contributed by atoms with E-state index in [1.54, 1.807) is 0 Å². The molecule has 0 radical (unpaired) electrons. The quantitative estimate of drug-likeness (QED) is 0.257. The summed E-state index contributed by atoms with van der Waals surface area (Å²) in [5, 5.41) is 3.18. The minimum absolute atomic E-state index is 0. The van der Waals surface area contributed by atoms with Crippen molar-refractivity contribution in [1.29, 1.82) is 0 Å². The summed E-state index contributed by atoms with van der Waals surface area (Å²) in [5.41, 5.74) is 8.64. The lowest BCUT2D eigenvalue weighted by molar-refractivity contribution is 0.145. The van der Waals surface area contributed by atoms with Crippen molar-refractivity contribution >= 4 is 29.9 Å². The van der Waals surface area contributed by atoms with Gasteiger partial charge in [0, 0.05) is 19.8 Å². The largest absolute Gasteiger partial charge is 0.382 e. The predicted octanol–water partition coefficient (Wildman–Crippen LogP) is 3.08. The van der Waals surface area contributed by atoms with E-state index in [9.17, 15) is 0 Å². The van der Waals surface area contributed by atoms with Gasteiger partial charge in [-0.25, -0.2) is 0 Å². The highest BCUT2D eigenvalue weighted by molar-refractivity contribution is 14.0. The van der Waals surface area contributed by atoms with E-state index in [-0.39, 0.29) is 24.0 Å². The van der Waals surface area contributed by atoms with Crippen LogP contribution in [0.1, 0.15) is 43.4 Å². The maximum absolute atomic E-state index is 6.02. The first-order valence-corrected chi connectivity index (χ1v) is 9.13. The number of nitrogens with zero attached hydrogens (tertiary/aromatic N) is 2. The first kappa shape index (κ1) is 22.2. The lowest BCUT2D eigenvalue weighted by atomic mass is 10.0. The summed E-state index contributed by atoms with van der Waals surface area (Å²) in [4.78, 5) is 7.11. The number of rotatable bonds is 9. The van der Waals surface area contributed by atoms with Crippen LogP contribution in [-0.4, -0.2) is 50.3 Å². The Morgan fingerprint density at radius 1 is 1.28 bits per heavy atom. The molecule has 1 aromatic rings. The summed E-state index contributed by atoms with van der Waals surface area (Å²) in [6.07, 6.45) is 3.49. The lowest BCUT2D eigenvalue weighted by Gasteiger charge is -2.26. The van der Waals surface area contributed by atoms with Crippen LogP contribution in [-0.2, 0) is 4.74 Å². The highest BCUT2D eigenvalue weighted by Gasteiger charge is 2.23. The molecule has 0 aliphatic carbocycles. The Hall–Kier alpha value is -0.860. The normalized spacial score (nSPS) is 16.5. The molecule has 1 heterocycles. The standard InChI is InChI=1S/C19H32N4O.HI/c1-3-24-14-6-11-21-19(20)22-15-18(23-12-4-5-13-23)17-9-7-16(2)8-10-17;/h7-10,18H,3-6,11-15H2,1-2H3,(H3,20,21,22);1H. The molecule has 0 spiro atoms. The van der Waals surface area contributed by atoms with E-state index in [2.05, 4.69) is 46.4 Å². The van der Waals surface area contributed by atoms with Crippen LogP contribution in [0.4, 0.5) is 0 Å². The number of aryl methyl sites for hydroxylation is 1. The third kappa shape index (κ3) is 7.92. The van der Waals surface area contributed by atoms with Gasteiger partial charge in [-0.2, -0.15) is 0 Å². The highest BCUT2D eigenvalue weighted by Crippen LogP contribution is 2.25. The van der Waals surface area contributed by atoms with E-state index in [0.717, 1.165) is 39.3 Å². The molecule has 142 valence electrons. The summed E-state index contributed by atoms with van der Waals surface area (Å²) in [6.45, 7) is 9.45. The van der Waals surface area contributed by atoms with Gasteiger partial charge in [-0.3, -0.25) is 9.89 Å². The fourth-order valence-corrected chi connectivity index (χ4v) is 3.05. The summed E-state index contributed by atoms with van der Waals surface area (Å²) >= 11 is 0. The Morgan fingerprint density at radius 3 is 2.60 bits per heavy atom. The topological polar surface area (TPSA) is 62.9 Å². The van der Waals surface area contributed by atoms with E-state index < -0.39 is 0 Å². The molecule has 5 nitrogen and oxygen atoms in total. The van der Waals surface area contributed by atoms with Crippen molar-refractivity contribution in [2.24, 2.45) is 10.7 Å². The van der Waals surface area contributed by atoms with Gasteiger partial charge in [0.25, 0.3) is 0 Å². The van der Waals surface area contributed by atoms with Gasteiger partial charge in [0.05, 0.1) is 12.6 Å². The van der Waals surface area contributed by atoms with Gasteiger partial charge in [-0.1, -0.05) is 29.8 Å². The molecule has 3 N–H and O–H groups in total. The second-order valence-corrected chi connectivity index (χ2v) is 6.37. The van der Waals surface area contributed by atoms with Crippen molar-refractivity contribution in [3.63, 3.8) is 0 Å². The molecule has 1 saturated heterocycles. The first-order valence-electron chi connectivity index (χ1n) is 9.13. The van der Waals surface area contributed by atoms with Crippen LogP contribution in [0.5, 0.6) is 0 Å². The Balaban J connectivity index is 0.00000312. The molecule has 1 aliphatic rings. The molecule has 0 saturated carbocycles. The van der Waals surface area contributed by atoms with Crippen LogP contribution in [0.2, 0.25) is 0 Å². The lowest BCUT2D eigenvalue weighted by Crippen LogP contribution is -2.35. The van der Waals surface area contributed by atoms with Gasteiger partial charge in [-0.05, 0) is 51.8 Å². The summed E-state index contributed by atoms with van der Waals surface area (Å²) in [7, 11) is 0. The number of nitrogens with two attached hydrogens (primary N) is 1. The molecular weight excluding hydrogens is 427 g/mol. The summed E-state index contributed by atoms with van der Waals surface area (Å²) in [6, 6.07) is 9.12. The average Bonchev–Trinajstić information content (AvgIpc) is 3.11. The van der Waals surface area contributed by atoms with Crippen LogP contribution in [0.3, 0.4) is 0 Å². The Morgan fingerprint density at radius 2 is 1.96 bits per heavy atom. The number of hydrogen-bond donors (Lipinski definition) is 2. The number of nitrogens with one attached hydrogen (secondary N) is 1. The SMILES string of the molecule is CCOCCCNC(N)=NCC(c1ccc(C)cc1)N1CCCC1.I. The number of halogens is 1. The minimum atomic E-state index is 0. The average molecular weight is 460 g/mol. The van der Waals surface area contributed by atoms with Crippen molar-refractivity contribution in [3.05, 3.63) is 35.4 Å². The van der Waals surface area contributed by atoms with Gasteiger partial charge in [0.15, 0.2) is 5.96 Å². The van der Waals surface area contributed by atoms with Gasteiger partial charge >= 0.3 is 0 Å². The van der Waals surface area contributed by atoms with Crippen molar-refractivity contribution in [2.75, 3.05) is 39.4 Å². The zero-order valence-corrected chi connectivity index (χ0v) is 17.9. The Labute approximate surface area is 169 Å². The minimum Gasteiger partial charge on any atom is -0.382 e. The molecule has 1 aromatic carbocycles. The zero-order chi connectivity index (χ0) is 17.2. The molecule has 1 aliphatic heterocycles. The fraction of sp³-hybridized carbons (Fsp3) is 0.632. The third-order valence-corrected chi connectivity index (χ3v) is 4.45. The number of likely N-dealkylation sites (tertiary alicyclic amines) is 1. The van der Waals surface area contributed by atoms with Gasteiger partial charge in [-0.15, -0.1) is 24.0 Å². The molecule has 1 atom stereocenters. The molecular formula is C19H33IN4O. The maximum Gasteiger partial charge on any atom is 0.188 e. The van der Waals surface area contributed by atoms with Crippen LogP contribution < -0.4 is 11.1 Å². The van der Waals surface area contributed by atoms with E-state index in [0.29, 0.717) is 18.5 Å². The van der Waals surface area contributed by atoms with Crippen molar-refractivity contribution in [3.8, 4) is 0 Å². The Bertz CT molecular complexity index is 501. The van der Waals surface area contributed by atoms with Crippen molar-refractivity contribution in [2.45, 2.75) is 39.2 Å². The molecule has 2 rings (SSSR count). The molecule has 0 bridgehead atoms. The molecule has 0 aromatic heterocycles. The van der Waals surface area contributed by atoms with Crippen LogP contribution in [0.15, 0.2) is 29.3 Å². The second-order valence-electron chi connectivity index (χ2n) is 6.37. The first-order chi connectivity index (χ1) is 11.7. The number of ether oxygens (including phenoxy) is 1. The highest BCUT2D eigenvalue weighted by atomic mass is 127. The zero-order valence-electron chi connectivity index (χ0n) is 15.5. The molecule has 25 heavy (non-hydrogen) atoms. The van der Waals surface area contributed by atoms with Gasteiger partial charge in [0.2, 0.25) is 0 Å². The number of benzene rings is 1. The maximum atomic E-state index is 6.02. The van der Waals surface area contributed by atoms with Crippen LogP contribution >= 0.6 is 24.0 Å². The summed E-state index contributed by atoms with van der Waals surface area (Å²) < 4.78 is 5.32. The van der Waals surface area contributed by atoms with Crippen LogP contribution in [0, 0.1) is 6.92 Å². The van der Waals surface area contributed by atoms with E-state index in [4.69, 9.17) is 10.5 Å². The van der Waals surface area contributed by atoms with Crippen molar-refractivity contribution in [1.82, 2.24) is 10.2 Å². The Kier molecular flexibility index (Phi) is 11.1. The number of hydrogen-bond acceptors (Lipinski definition) is 3. The van der Waals surface area contributed by atoms with Gasteiger partial charge < -0.3 is 15.8 Å². The molecule has 0 amide bonds. The number of aliphatic imine (C=N–C) groups is 1. The van der Waals surface area contributed by atoms with E-state index >= 15 is 0 Å². The molecule has 6 heteroatoms. The molecule has 1 fully saturated rings. The predicted molar refractivity (Wildman–Crippen MR) is 116 cm³/mol. The second kappa shape index (κ2) is 12.5. The fourth-order valence-electron chi connectivity index (χ4n) is 3.05. The summed E-state index contributed by atoms with van der Waals surface area (Å²) in [5.74, 6) is 0.530. The number of guanidine groups is 1. The van der Waals surface area contributed by atoms with Crippen LogP contribution in [0.25, 0.3) is 0 Å². The van der Waals surface area contributed by atoms with Crippen molar-refractivity contribution < 1.29 is 4.74 Å². The van der Waals surface area contributed by atoms with E-state index in [1.165, 1.54) is 24.0 Å².